The molecule has 0 amide bonds. The second kappa shape index (κ2) is 5.47. The van der Waals surface area contributed by atoms with Gasteiger partial charge in [-0.15, -0.1) is 0 Å². The van der Waals surface area contributed by atoms with Gasteiger partial charge in [-0.25, -0.2) is 0 Å². The lowest BCUT2D eigenvalue weighted by Gasteiger charge is -2.12. The van der Waals surface area contributed by atoms with E-state index in [0.717, 1.165) is 35.5 Å². The number of benzene rings is 1. The molecular weight excluding hydrogens is 234 g/mol. The summed E-state index contributed by atoms with van der Waals surface area (Å²) in [4.78, 5) is 0. The van der Waals surface area contributed by atoms with E-state index in [1.165, 1.54) is 5.56 Å². The van der Waals surface area contributed by atoms with Crippen molar-refractivity contribution in [1.29, 1.82) is 0 Å². The molecule has 0 radical (unpaired) electrons. The number of nitrogen functional groups attached to an aromatic ring is 1. The van der Waals surface area contributed by atoms with Crippen LogP contribution in [0.1, 0.15) is 43.9 Å². The van der Waals surface area contributed by atoms with E-state index in [9.17, 15) is 0 Å². The Labute approximate surface area is 115 Å². The van der Waals surface area contributed by atoms with Crippen LogP contribution in [0, 0.1) is 6.92 Å². The van der Waals surface area contributed by atoms with Gasteiger partial charge in [-0.3, -0.25) is 4.68 Å². The number of rotatable bonds is 4. The standard InChI is InChI=1S/C16H23N3/c1-5-12(6-2)15-14(16(17)19(4)18-15)13-9-7-11(3)8-10-13/h7-10,12H,5-6,17H2,1-4H3. The molecule has 0 saturated carbocycles. The first kappa shape index (κ1) is 13.7. The topological polar surface area (TPSA) is 43.8 Å². The average Bonchev–Trinajstić information content (AvgIpc) is 2.69. The summed E-state index contributed by atoms with van der Waals surface area (Å²) in [5.74, 6) is 1.23. The van der Waals surface area contributed by atoms with Crippen molar-refractivity contribution in [3.8, 4) is 11.1 Å². The van der Waals surface area contributed by atoms with E-state index in [1.807, 2.05) is 7.05 Å². The predicted molar refractivity (Wildman–Crippen MR) is 81.1 cm³/mol. The van der Waals surface area contributed by atoms with Crippen molar-refractivity contribution in [1.82, 2.24) is 9.78 Å². The molecule has 1 aromatic carbocycles. The number of nitrogens with zero attached hydrogens (tertiary/aromatic N) is 2. The number of aryl methyl sites for hydroxylation is 2. The summed E-state index contributed by atoms with van der Waals surface area (Å²) in [5.41, 5.74) is 10.9. The quantitative estimate of drug-likeness (QED) is 0.903. The average molecular weight is 257 g/mol. The minimum atomic E-state index is 0.472. The molecule has 1 heterocycles. The van der Waals surface area contributed by atoms with Crippen molar-refractivity contribution in [2.45, 2.75) is 39.5 Å². The molecule has 0 unspecified atom stereocenters. The number of hydrogen-bond donors (Lipinski definition) is 1. The summed E-state index contributed by atoms with van der Waals surface area (Å²) in [5, 5.41) is 4.64. The van der Waals surface area contributed by atoms with Gasteiger partial charge in [0.2, 0.25) is 0 Å². The van der Waals surface area contributed by atoms with Gasteiger partial charge in [-0.2, -0.15) is 5.10 Å². The minimum absolute atomic E-state index is 0.472. The Kier molecular flexibility index (Phi) is 3.93. The van der Waals surface area contributed by atoms with Crippen LogP contribution in [0.15, 0.2) is 24.3 Å². The largest absolute Gasteiger partial charge is 0.383 e. The highest BCUT2D eigenvalue weighted by Gasteiger charge is 2.21. The fourth-order valence-corrected chi connectivity index (χ4v) is 2.54. The lowest BCUT2D eigenvalue weighted by molar-refractivity contribution is 0.606. The van der Waals surface area contributed by atoms with Gasteiger partial charge in [0.05, 0.1) is 5.69 Å². The van der Waals surface area contributed by atoms with Crippen molar-refractivity contribution in [3.05, 3.63) is 35.5 Å². The van der Waals surface area contributed by atoms with Crippen molar-refractivity contribution in [2.75, 3.05) is 5.73 Å². The Morgan fingerprint density at radius 3 is 2.26 bits per heavy atom. The maximum atomic E-state index is 6.22. The fraction of sp³-hybridized carbons (Fsp3) is 0.438. The van der Waals surface area contributed by atoms with E-state index in [1.54, 1.807) is 4.68 Å². The zero-order valence-electron chi connectivity index (χ0n) is 12.3. The predicted octanol–water partition coefficient (Wildman–Crippen LogP) is 3.88. The van der Waals surface area contributed by atoms with Crippen LogP contribution in [0.5, 0.6) is 0 Å². The Bertz CT molecular complexity index is 548. The third-order valence-corrected chi connectivity index (χ3v) is 3.83. The van der Waals surface area contributed by atoms with Gasteiger partial charge in [0.1, 0.15) is 5.82 Å². The van der Waals surface area contributed by atoms with Gasteiger partial charge in [0.25, 0.3) is 0 Å². The monoisotopic (exact) mass is 257 g/mol. The first-order chi connectivity index (χ1) is 9.08. The molecule has 102 valence electrons. The highest BCUT2D eigenvalue weighted by molar-refractivity contribution is 5.77. The Hall–Kier alpha value is -1.77. The second-order valence-electron chi connectivity index (χ2n) is 5.15. The van der Waals surface area contributed by atoms with Crippen LogP contribution in [0.25, 0.3) is 11.1 Å². The third kappa shape index (κ3) is 2.50. The van der Waals surface area contributed by atoms with E-state index in [2.05, 4.69) is 50.1 Å². The molecule has 0 aliphatic carbocycles. The zero-order chi connectivity index (χ0) is 14.0. The fourth-order valence-electron chi connectivity index (χ4n) is 2.54. The van der Waals surface area contributed by atoms with E-state index in [4.69, 9.17) is 5.73 Å². The normalized spacial score (nSPS) is 11.2. The molecule has 19 heavy (non-hydrogen) atoms. The van der Waals surface area contributed by atoms with Gasteiger partial charge < -0.3 is 5.73 Å². The summed E-state index contributed by atoms with van der Waals surface area (Å²) in [7, 11) is 1.92. The van der Waals surface area contributed by atoms with Crippen molar-refractivity contribution in [2.24, 2.45) is 7.05 Å². The number of nitrogens with two attached hydrogens (primary N) is 1. The molecule has 0 spiro atoms. The summed E-state index contributed by atoms with van der Waals surface area (Å²) in [6.45, 7) is 6.51. The van der Waals surface area contributed by atoms with Crippen LogP contribution < -0.4 is 5.73 Å². The van der Waals surface area contributed by atoms with E-state index in [-0.39, 0.29) is 0 Å². The van der Waals surface area contributed by atoms with Gasteiger partial charge in [-0.1, -0.05) is 43.7 Å². The van der Waals surface area contributed by atoms with E-state index in [0.29, 0.717) is 5.92 Å². The zero-order valence-corrected chi connectivity index (χ0v) is 12.3. The first-order valence-electron chi connectivity index (χ1n) is 6.97. The SMILES string of the molecule is CCC(CC)c1nn(C)c(N)c1-c1ccc(C)cc1. The summed E-state index contributed by atoms with van der Waals surface area (Å²) in [6, 6.07) is 8.51. The van der Waals surface area contributed by atoms with Gasteiger partial charge in [-0.05, 0) is 25.3 Å². The van der Waals surface area contributed by atoms with Crippen LogP contribution >= 0.6 is 0 Å². The molecule has 2 rings (SSSR count). The number of anilines is 1. The second-order valence-corrected chi connectivity index (χ2v) is 5.15. The van der Waals surface area contributed by atoms with Crippen LogP contribution in [-0.2, 0) is 7.05 Å². The highest BCUT2D eigenvalue weighted by Crippen LogP contribution is 2.36. The Morgan fingerprint density at radius 2 is 1.74 bits per heavy atom. The maximum Gasteiger partial charge on any atom is 0.129 e. The molecule has 0 aliphatic heterocycles. The van der Waals surface area contributed by atoms with Gasteiger partial charge in [0, 0.05) is 18.5 Å². The molecule has 2 N–H and O–H groups in total. The molecule has 3 heteroatoms. The molecule has 0 aliphatic rings. The lowest BCUT2D eigenvalue weighted by atomic mass is 9.92. The molecule has 3 nitrogen and oxygen atoms in total. The van der Waals surface area contributed by atoms with Crippen LogP contribution in [0.3, 0.4) is 0 Å². The smallest absolute Gasteiger partial charge is 0.129 e. The lowest BCUT2D eigenvalue weighted by Crippen LogP contribution is -1.99. The molecule has 1 aromatic heterocycles. The number of hydrogen-bond acceptors (Lipinski definition) is 2. The van der Waals surface area contributed by atoms with Crippen molar-refractivity contribution < 1.29 is 0 Å². The van der Waals surface area contributed by atoms with Crippen LogP contribution in [-0.4, -0.2) is 9.78 Å². The molecule has 2 aromatic rings. The van der Waals surface area contributed by atoms with E-state index < -0.39 is 0 Å². The Balaban J connectivity index is 2.57. The highest BCUT2D eigenvalue weighted by atomic mass is 15.3. The Morgan fingerprint density at radius 1 is 1.16 bits per heavy atom. The summed E-state index contributed by atoms with van der Waals surface area (Å²) in [6.07, 6.45) is 2.18. The number of aromatic nitrogens is 2. The maximum absolute atomic E-state index is 6.22. The van der Waals surface area contributed by atoms with E-state index >= 15 is 0 Å². The summed E-state index contributed by atoms with van der Waals surface area (Å²) < 4.78 is 1.79. The van der Waals surface area contributed by atoms with Crippen molar-refractivity contribution >= 4 is 5.82 Å². The van der Waals surface area contributed by atoms with Crippen LogP contribution in [0.2, 0.25) is 0 Å². The summed E-state index contributed by atoms with van der Waals surface area (Å²) >= 11 is 0. The first-order valence-corrected chi connectivity index (χ1v) is 6.97. The molecule has 0 bridgehead atoms. The van der Waals surface area contributed by atoms with Gasteiger partial charge >= 0.3 is 0 Å². The molecule has 0 saturated heterocycles. The van der Waals surface area contributed by atoms with Gasteiger partial charge in [0.15, 0.2) is 0 Å². The molecule has 0 fully saturated rings. The third-order valence-electron chi connectivity index (χ3n) is 3.83. The minimum Gasteiger partial charge on any atom is -0.383 e. The molecule has 0 atom stereocenters. The van der Waals surface area contributed by atoms with Crippen molar-refractivity contribution in [3.63, 3.8) is 0 Å². The molecular formula is C16H23N3. The van der Waals surface area contributed by atoms with Crippen LogP contribution in [0.4, 0.5) is 5.82 Å².